The third kappa shape index (κ3) is 2.49. The molecule has 0 aromatic carbocycles. The van der Waals surface area contributed by atoms with Crippen LogP contribution in [0.15, 0.2) is 0 Å². The molecule has 0 aromatic heterocycles. The number of fused-ring (bicyclic) bond motifs is 1. The zero-order chi connectivity index (χ0) is 12.0. The average Bonchev–Trinajstić information content (AvgIpc) is 2.94. The van der Waals surface area contributed by atoms with Crippen LogP contribution >= 0.6 is 11.8 Å². The van der Waals surface area contributed by atoms with Crippen molar-refractivity contribution in [1.29, 1.82) is 0 Å². The summed E-state index contributed by atoms with van der Waals surface area (Å²) < 4.78 is 0.354. The Bertz CT molecular complexity index is 318. The number of thioether (sulfide) groups is 1. The molecule has 0 spiro atoms. The Morgan fingerprint density at radius 3 is 2.59 bits per heavy atom. The molecule has 3 heteroatoms. The first-order chi connectivity index (χ1) is 8.05. The third-order valence-corrected chi connectivity index (χ3v) is 6.11. The SMILES string of the molecule is CC1(C)CCN(C(=O)C2CC3CC3C2)CCS1. The molecular formula is C14H23NOS. The van der Waals surface area contributed by atoms with Crippen LogP contribution in [0.5, 0.6) is 0 Å². The molecule has 0 aromatic rings. The molecule has 96 valence electrons. The van der Waals surface area contributed by atoms with Crippen molar-refractivity contribution in [3.05, 3.63) is 0 Å². The lowest BCUT2D eigenvalue weighted by molar-refractivity contribution is -0.135. The number of hydrogen-bond acceptors (Lipinski definition) is 2. The molecule has 1 aliphatic heterocycles. The van der Waals surface area contributed by atoms with Crippen molar-refractivity contribution < 1.29 is 4.79 Å². The predicted molar refractivity (Wildman–Crippen MR) is 72.1 cm³/mol. The topological polar surface area (TPSA) is 20.3 Å². The van der Waals surface area contributed by atoms with Crippen LogP contribution in [0.4, 0.5) is 0 Å². The van der Waals surface area contributed by atoms with Crippen LogP contribution in [0, 0.1) is 17.8 Å². The van der Waals surface area contributed by atoms with Gasteiger partial charge in [0.2, 0.25) is 5.91 Å². The summed E-state index contributed by atoms with van der Waals surface area (Å²) in [5, 5.41) is 0. The summed E-state index contributed by atoms with van der Waals surface area (Å²) in [7, 11) is 0. The number of hydrogen-bond donors (Lipinski definition) is 0. The van der Waals surface area contributed by atoms with Crippen LogP contribution in [0.2, 0.25) is 0 Å². The fourth-order valence-electron chi connectivity index (χ4n) is 3.42. The van der Waals surface area contributed by atoms with Crippen molar-refractivity contribution in [2.45, 2.75) is 44.3 Å². The van der Waals surface area contributed by atoms with Crippen LogP contribution in [0.3, 0.4) is 0 Å². The lowest BCUT2D eigenvalue weighted by Crippen LogP contribution is -2.37. The second kappa shape index (κ2) is 4.18. The van der Waals surface area contributed by atoms with Gasteiger partial charge in [0.25, 0.3) is 0 Å². The fraction of sp³-hybridized carbons (Fsp3) is 0.929. The van der Waals surface area contributed by atoms with E-state index in [0.29, 0.717) is 16.6 Å². The van der Waals surface area contributed by atoms with E-state index in [4.69, 9.17) is 0 Å². The standard InChI is InChI=1S/C14H23NOS/c1-14(2)3-4-15(5-6-17-14)13(16)12-8-10-7-11(10)9-12/h10-12H,3-9H2,1-2H3. The lowest BCUT2D eigenvalue weighted by atomic mass is 10.0. The fourth-order valence-corrected chi connectivity index (χ4v) is 4.52. The number of nitrogens with zero attached hydrogens (tertiary/aromatic N) is 1. The second-order valence-corrected chi connectivity index (χ2v) is 8.41. The summed E-state index contributed by atoms with van der Waals surface area (Å²) in [5.74, 6) is 3.79. The molecule has 2 atom stereocenters. The molecule has 17 heavy (non-hydrogen) atoms. The molecule has 1 amide bonds. The van der Waals surface area contributed by atoms with Crippen molar-refractivity contribution in [1.82, 2.24) is 4.90 Å². The summed E-state index contributed by atoms with van der Waals surface area (Å²) >= 11 is 2.02. The number of rotatable bonds is 1. The van der Waals surface area contributed by atoms with Gasteiger partial charge in [-0.2, -0.15) is 11.8 Å². The molecule has 0 N–H and O–H groups in total. The summed E-state index contributed by atoms with van der Waals surface area (Å²) in [6.45, 7) is 6.55. The Morgan fingerprint density at radius 2 is 1.88 bits per heavy atom. The molecule has 2 unspecified atom stereocenters. The van der Waals surface area contributed by atoms with Gasteiger partial charge in [-0.3, -0.25) is 4.79 Å². The van der Waals surface area contributed by atoms with Crippen LogP contribution < -0.4 is 0 Å². The van der Waals surface area contributed by atoms with Crippen molar-refractivity contribution in [2.24, 2.45) is 17.8 Å². The van der Waals surface area contributed by atoms with E-state index in [1.165, 1.54) is 19.3 Å². The summed E-state index contributed by atoms with van der Waals surface area (Å²) in [6, 6.07) is 0. The number of carbonyl (C=O) groups is 1. The van der Waals surface area contributed by atoms with Crippen molar-refractivity contribution in [3.8, 4) is 0 Å². The Hall–Kier alpha value is -0.180. The molecule has 1 saturated heterocycles. The predicted octanol–water partition coefficient (Wildman–Crippen LogP) is 2.78. The van der Waals surface area contributed by atoms with Crippen LogP contribution in [0.25, 0.3) is 0 Å². The Labute approximate surface area is 109 Å². The first kappa shape index (κ1) is 11.9. The van der Waals surface area contributed by atoms with E-state index in [9.17, 15) is 4.79 Å². The van der Waals surface area contributed by atoms with E-state index in [1.807, 2.05) is 11.8 Å². The molecule has 3 rings (SSSR count). The third-order valence-electron chi connectivity index (χ3n) is 4.74. The molecule has 0 bridgehead atoms. The maximum Gasteiger partial charge on any atom is 0.225 e. The molecule has 1 heterocycles. The van der Waals surface area contributed by atoms with E-state index in [1.54, 1.807) is 0 Å². The second-order valence-electron chi connectivity index (χ2n) is 6.61. The van der Waals surface area contributed by atoms with Crippen molar-refractivity contribution >= 4 is 17.7 Å². The van der Waals surface area contributed by atoms with E-state index in [-0.39, 0.29) is 0 Å². The van der Waals surface area contributed by atoms with E-state index in [2.05, 4.69) is 18.7 Å². The zero-order valence-corrected chi connectivity index (χ0v) is 11.8. The minimum Gasteiger partial charge on any atom is -0.342 e. The van der Waals surface area contributed by atoms with Crippen LogP contribution in [0.1, 0.15) is 39.5 Å². The largest absolute Gasteiger partial charge is 0.342 e. The van der Waals surface area contributed by atoms with Gasteiger partial charge >= 0.3 is 0 Å². The smallest absolute Gasteiger partial charge is 0.225 e. The highest BCUT2D eigenvalue weighted by atomic mass is 32.2. The van der Waals surface area contributed by atoms with Crippen molar-refractivity contribution in [3.63, 3.8) is 0 Å². The highest BCUT2D eigenvalue weighted by Crippen LogP contribution is 2.54. The quantitative estimate of drug-likeness (QED) is 0.716. The number of amides is 1. The Morgan fingerprint density at radius 1 is 1.18 bits per heavy atom. The van der Waals surface area contributed by atoms with Gasteiger partial charge in [-0.25, -0.2) is 0 Å². The average molecular weight is 253 g/mol. The molecular weight excluding hydrogens is 230 g/mol. The van der Waals surface area contributed by atoms with Gasteiger partial charge in [0.1, 0.15) is 0 Å². The number of carbonyl (C=O) groups excluding carboxylic acids is 1. The van der Waals surface area contributed by atoms with Gasteiger partial charge in [-0.1, -0.05) is 13.8 Å². The molecule has 3 aliphatic rings. The zero-order valence-electron chi connectivity index (χ0n) is 10.9. The maximum absolute atomic E-state index is 12.4. The molecule has 0 radical (unpaired) electrons. The maximum atomic E-state index is 12.4. The highest BCUT2D eigenvalue weighted by Gasteiger charge is 2.48. The van der Waals surface area contributed by atoms with Gasteiger partial charge in [0.15, 0.2) is 0 Å². The lowest BCUT2D eigenvalue weighted by Gasteiger charge is -2.25. The Kier molecular flexibility index (Phi) is 2.92. The summed E-state index contributed by atoms with van der Waals surface area (Å²) in [6.07, 6.45) is 4.93. The Balaban J connectivity index is 1.58. The van der Waals surface area contributed by atoms with Crippen molar-refractivity contribution in [2.75, 3.05) is 18.8 Å². The normalized spacial score (nSPS) is 39.6. The van der Waals surface area contributed by atoms with Crippen LogP contribution in [-0.4, -0.2) is 34.4 Å². The van der Waals surface area contributed by atoms with Gasteiger partial charge in [-0.15, -0.1) is 0 Å². The van der Waals surface area contributed by atoms with Gasteiger partial charge in [-0.05, 0) is 37.5 Å². The molecule has 3 fully saturated rings. The highest BCUT2D eigenvalue weighted by molar-refractivity contribution is 8.00. The molecule has 2 nitrogen and oxygen atoms in total. The minimum absolute atomic E-state index is 0.354. The first-order valence-electron chi connectivity index (χ1n) is 6.98. The molecule has 2 aliphatic carbocycles. The monoisotopic (exact) mass is 253 g/mol. The first-order valence-corrected chi connectivity index (χ1v) is 7.96. The molecule has 2 saturated carbocycles. The van der Waals surface area contributed by atoms with E-state index >= 15 is 0 Å². The van der Waals surface area contributed by atoms with Gasteiger partial charge in [0, 0.05) is 29.5 Å². The van der Waals surface area contributed by atoms with E-state index in [0.717, 1.165) is 37.1 Å². The van der Waals surface area contributed by atoms with Gasteiger partial charge < -0.3 is 4.90 Å². The minimum atomic E-state index is 0.354. The van der Waals surface area contributed by atoms with E-state index < -0.39 is 0 Å². The van der Waals surface area contributed by atoms with Crippen LogP contribution in [-0.2, 0) is 4.79 Å². The summed E-state index contributed by atoms with van der Waals surface area (Å²) in [5.41, 5.74) is 0. The van der Waals surface area contributed by atoms with Gasteiger partial charge in [0.05, 0.1) is 0 Å². The summed E-state index contributed by atoms with van der Waals surface area (Å²) in [4.78, 5) is 14.6.